The van der Waals surface area contributed by atoms with Gasteiger partial charge in [0.2, 0.25) is 0 Å². The van der Waals surface area contributed by atoms with Crippen molar-refractivity contribution in [3.05, 3.63) is 39.5 Å². The summed E-state index contributed by atoms with van der Waals surface area (Å²) in [5.41, 5.74) is 1.48. The van der Waals surface area contributed by atoms with Crippen LogP contribution in [0, 0.1) is 3.57 Å². The molecule has 1 rings (SSSR count). The Kier molecular flexibility index (Phi) is 3.48. The maximum Gasteiger partial charge on any atom is 0.337 e. The van der Waals surface area contributed by atoms with Gasteiger partial charge in [0, 0.05) is 3.57 Å². The van der Waals surface area contributed by atoms with Crippen LogP contribution in [0.25, 0.3) is 6.08 Å². The van der Waals surface area contributed by atoms with E-state index in [0.717, 1.165) is 9.13 Å². The molecule has 1 aromatic carbocycles. The Morgan fingerprint density at radius 2 is 2.23 bits per heavy atom. The Balaban J connectivity index is 3.15. The molecule has 0 bridgehead atoms. The first-order valence-electron chi connectivity index (χ1n) is 3.68. The molecule has 0 heterocycles. The zero-order valence-electron chi connectivity index (χ0n) is 7.21. The molecule has 0 unspecified atom stereocenters. The first-order valence-corrected chi connectivity index (χ1v) is 4.76. The largest absolute Gasteiger partial charge is 0.465 e. The van der Waals surface area contributed by atoms with E-state index in [1.54, 1.807) is 18.2 Å². The van der Waals surface area contributed by atoms with Gasteiger partial charge in [-0.15, -0.1) is 0 Å². The highest BCUT2D eigenvalue weighted by Gasteiger charge is 2.06. The predicted octanol–water partition coefficient (Wildman–Crippen LogP) is 2.72. The van der Waals surface area contributed by atoms with Crippen LogP contribution in [0.1, 0.15) is 15.9 Å². The number of carbonyl (C=O) groups is 1. The van der Waals surface area contributed by atoms with Crippen LogP contribution in [0.3, 0.4) is 0 Å². The molecular weight excluding hydrogens is 279 g/mol. The molecule has 0 fully saturated rings. The molecule has 68 valence electrons. The van der Waals surface area contributed by atoms with E-state index in [0.29, 0.717) is 5.56 Å². The molecule has 0 spiro atoms. The van der Waals surface area contributed by atoms with Gasteiger partial charge in [-0.05, 0) is 46.4 Å². The van der Waals surface area contributed by atoms with E-state index < -0.39 is 0 Å². The Bertz CT molecular complexity index is 345. The highest BCUT2D eigenvalue weighted by atomic mass is 127. The first-order chi connectivity index (χ1) is 6.17. The number of hydrogen-bond acceptors (Lipinski definition) is 2. The van der Waals surface area contributed by atoms with E-state index in [4.69, 9.17) is 0 Å². The number of halogens is 1. The number of carbonyl (C=O) groups excluding carboxylic acids is 1. The molecule has 0 atom stereocenters. The standard InChI is InChI=1S/C10H9IO2/c1-3-7-4-8(10(12)13-2)6-9(11)5-7/h3-6H,1H2,2H3. The van der Waals surface area contributed by atoms with E-state index in [9.17, 15) is 4.79 Å². The van der Waals surface area contributed by atoms with E-state index in [1.165, 1.54) is 7.11 Å². The third-order valence-corrected chi connectivity index (χ3v) is 2.20. The van der Waals surface area contributed by atoms with Gasteiger partial charge in [0.15, 0.2) is 0 Å². The monoisotopic (exact) mass is 288 g/mol. The van der Waals surface area contributed by atoms with Crippen LogP contribution in [0.4, 0.5) is 0 Å². The van der Waals surface area contributed by atoms with Crippen LogP contribution in [0.15, 0.2) is 24.8 Å². The fourth-order valence-corrected chi connectivity index (χ4v) is 1.66. The quantitative estimate of drug-likeness (QED) is 0.618. The van der Waals surface area contributed by atoms with Gasteiger partial charge in [0.1, 0.15) is 0 Å². The highest BCUT2D eigenvalue weighted by molar-refractivity contribution is 14.1. The van der Waals surface area contributed by atoms with Gasteiger partial charge in [-0.25, -0.2) is 4.79 Å². The summed E-state index contributed by atoms with van der Waals surface area (Å²) >= 11 is 2.15. The summed E-state index contributed by atoms with van der Waals surface area (Å²) in [6.07, 6.45) is 1.70. The van der Waals surface area contributed by atoms with Gasteiger partial charge in [-0.1, -0.05) is 12.7 Å². The maximum atomic E-state index is 11.2. The van der Waals surface area contributed by atoms with Crippen LogP contribution in [-0.4, -0.2) is 13.1 Å². The molecule has 1 aromatic rings. The minimum absolute atomic E-state index is 0.318. The molecule has 3 heteroatoms. The molecular formula is C10H9IO2. The average molecular weight is 288 g/mol. The van der Waals surface area contributed by atoms with Crippen LogP contribution in [-0.2, 0) is 4.74 Å². The lowest BCUT2D eigenvalue weighted by Crippen LogP contribution is -2.01. The minimum Gasteiger partial charge on any atom is -0.465 e. The summed E-state index contributed by atoms with van der Waals surface area (Å²) in [5, 5.41) is 0. The van der Waals surface area contributed by atoms with Crippen LogP contribution in [0.5, 0.6) is 0 Å². The van der Waals surface area contributed by atoms with Gasteiger partial charge in [0.05, 0.1) is 12.7 Å². The zero-order valence-corrected chi connectivity index (χ0v) is 9.37. The topological polar surface area (TPSA) is 26.3 Å². The zero-order chi connectivity index (χ0) is 9.84. The van der Waals surface area contributed by atoms with Crippen molar-refractivity contribution in [2.24, 2.45) is 0 Å². The molecule has 0 saturated carbocycles. The van der Waals surface area contributed by atoms with Crippen LogP contribution < -0.4 is 0 Å². The number of hydrogen-bond donors (Lipinski definition) is 0. The van der Waals surface area contributed by atoms with Crippen molar-refractivity contribution < 1.29 is 9.53 Å². The molecule has 0 aliphatic heterocycles. The molecule has 0 aliphatic rings. The molecule has 0 aromatic heterocycles. The predicted molar refractivity (Wildman–Crippen MR) is 60.6 cm³/mol. The lowest BCUT2D eigenvalue weighted by atomic mass is 10.1. The van der Waals surface area contributed by atoms with Crippen molar-refractivity contribution in [2.75, 3.05) is 7.11 Å². The number of esters is 1. The molecule has 0 saturated heterocycles. The van der Waals surface area contributed by atoms with Crippen molar-refractivity contribution in [1.82, 2.24) is 0 Å². The molecule has 13 heavy (non-hydrogen) atoms. The normalized spacial score (nSPS) is 9.38. The van der Waals surface area contributed by atoms with E-state index in [1.807, 2.05) is 6.07 Å². The number of methoxy groups -OCH3 is 1. The van der Waals surface area contributed by atoms with Gasteiger partial charge in [0.25, 0.3) is 0 Å². The summed E-state index contributed by atoms with van der Waals surface area (Å²) in [6, 6.07) is 5.47. The minimum atomic E-state index is -0.318. The third-order valence-electron chi connectivity index (χ3n) is 1.58. The summed E-state index contributed by atoms with van der Waals surface area (Å²) in [7, 11) is 1.37. The molecule has 0 aliphatic carbocycles. The Hall–Kier alpha value is -0.840. The van der Waals surface area contributed by atoms with Gasteiger partial charge >= 0.3 is 5.97 Å². The summed E-state index contributed by atoms with van der Waals surface area (Å²) in [4.78, 5) is 11.2. The number of rotatable bonds is 2. The van der Waals surface area contributed by atoms with E-state index >= 15 is 0 Å². The van der Waals surface area contributed by atoms with Gasteiger partial charge in [-0.2, -0.15) is 0 Å². The summed E-state index contributed by atoms with van der Waals surface area (Å²) < 4.78 is 5.61. The molecule has 0 radical (unpaired) electrons. The highest BCUT2D eigenvalue weighted by Crippen LogP contribution is 2.14. The van der Waals surface area contributed by atoms with E-state index in [2.05, 4.69) is 33.9 Å². The third kappa shape index (κ3) is 2.55. The van der Waals surface area contributed by atoms with Crippen LogP contribution >= 0.6 is 22.6 Å². The van der Waals surface area contributed by atoms with E-state index in [-0.39, 0.29) is 5.97 Å². The van der Waals surface area contributed by atoms with Crippen molar-refractivity contribution >= 4 is 34.6 Å². The van der Waals surface area contributed by atoms with Crippen molar-refractivity contribution in [3.63, 3.8) is 0 Å². The second-order valence-electron chi connectivity index (χ2n) is 2.47. The lowest BCUT2D eigenvalue weighted by molar-refractivity contribution is 0.0600. The smallest absolute Gasteiger partial charge is 0.337 e. The van der Waals surface area contributed by atoms with Crippen molar-refractivity contribution in [2.45, 2.75) is 0 Å². The van der Waals surface area contributed by atoms with Gasteiger partial charge in [-0.3, -0.25) is 0 Å². The fraction of sp³-hybridized carbons (Fsp3) is 0.100. The van der Waals surface area contributed by atoms with Gasteiger partial charge < -0.3 is 4.74 Å². The Morgan fingerprint density at radius 3 is 2.77 bits per heavy atom. The average Bonchev–Trinajstić information content (AvgIpc) is 2.15. The summed E-state index contributed by atoms with van der Waals surface area (Å²) in [5.74, 6) is -0.318. The lowest BCUT2D eigenvalue weighted by Gasteiger charge is -2.01. The van der Waals surface area contributed by atoms with Crippen LogP contribution in [0.2, 0.25) is 0 Å². The summed E-state index contributed by atoms with van der Waals surface area (Å²) in [6.45, 7) is 3.64. The maximum absolute atomic E-state index is 11.2. The second-order valence-corrected chi connectivity index (χ2v) is 3.71. The number of benzene rings is 1. The molecule has 0 N–H and O–H groups in total. The fourth-order valence-electron chi connectivity index (χ4n) is 0.966. The Labute approximate surface area is 90.7 Å². The molecule has 0 amide bonds. The second kappa shape index (κ2) is 4.41. The number of ether oxygens (including phenoxy) is 1. The molecule has 2 nitrogen and oxygen atoms in total. The van der Waals surface area contributed by atoms with Crippen molar-refractivity contribution in [1.29, 1.82) is 0 Å². The Morgan fingerprint density at radius 1 is 1.54 bits per heavy atom. The SMILES string of the molecule is C=Cc1cc(I)cc(C(=O)OC)c1. The van der Waals surface area contributed by atoms with Crippen molar-refractivity contribution in [3.8, 4) is 0 Å². The first kappa shape index (κ1) is 10.2.